The van der Waals surface area contributed by atoms with Gasteiger partial charge in [0.1, 0.15) is 0 Å². The molecule has 0 bridgehead atoms. The van der Waals surface area contributed by atoms with Crippen molar-refractivity contribution in [2.45, 2.75) is 32.2 Å². The number of piperidine rings is 1. The van der Waals surface area contributed by atoms with Crippen LogP contribution in [0.25, 0.3) is 0 Å². The first kappa shape index (κ1) is 15.5. The van der Waals surface area contributed by atoms with Crippen molar-refractivity contribution >= 4 is 11.8 Å². The number of carbonyl (C=O) groups is 2. The Kier molecular flexibility index (Phi) is 5.33. The third kappa shape index (κ3) is 4.04. The van der Waals surface area contributed by atoms with Crippen LogP contribution in [0.4, 0.5) is 0 Å². The lowest BCUT2D eigenvalue weighted by atomic mass is 10.0. The van der Waals surface area contributed by atoms with Crippen molar-refractivity contribution in [3.05, 3.63) is 35.4 Å². The van der Waals surface area contributed by atoms with E-state index >= 15 is 0 Å². The van der Waals surface area contributed by atoms with E-state index < -0.39 is 0 Å². The molecule has 0 atom stereocenters. The second-order valence-electron chi connectivity index (χ2n) is 5.46. The molecule has 1 aliphatic heterocycles. The highest BCUT2D eigenvalue weighted by molar-refractivity contribution is 5.95. The van der Waals surface area contributed by atoms with Gasteiger partial charge in [-0.15, -0.1) is 0 Å². The van der Waals surface area contributed by atoms with Gasteiger partial charge < -0.3 is 16.0 Å². The molecule has 2 amide bonds. The third-order valence-electron chi connectivity index (χ3n) is 3.85. The third-order valence-corrected chi connectivity index (χ3v) is 3.85. The molecule has 2 rings (SSSR count). The summed E-state index contributed by atoms with van der Waals surface area (Å²) in [6, 6.07) is 7.84. The molecule has 21 heavy (non-hydrogen) atoms. The molecule has 5 heteroatoms. The van der Waals surface area contributed by atoms with Gasteiger partial charge in [0.05, 0.1) is 0 Å². The summed E-state index contributed by atoms with van der Waals surface area (Å²) in [6.07, 6.45) is 2.33. The van der Waals surface area contributed by atoms with E-state index in [2.05, 4.69) is 5.32 Å². The summed E-state index contributed by atoms with van der Waals surface area (Å²) in [6.45, 7) is 3.43. The standard InChI is InChI=1S/C16H23N3O2/c1-12(20)18-14-7-10-19(11-8-14)16(21)15-5-3-2-4-13(15)6-9-17/h2-5,14H,6-11,17H2,1H3,(H,18,20). The summed E-state index contributed by atoms with van der Waals surface area (Å²) in [7, 11) is 0. The van der Waals surface area contributed by atoms with Gasteiger partial charge in [0, 0.05) is 31.6 Å². The summed E-state index contributed by atoms with van der Waals surface area (Å²) in [5, 5.41) is 2.92. The minimum absolute atomic E-state index is 0.00642. The van der Waals surface area contributed by atoms with E-state index in [0.717, 1.165) is 24.0 Å². The van der Waals surface area contributed by atoms with Crippen LogP contribution in [0.2, 0.25) is 0 Å². The van der Waals surface area contributed by atoms with Gasteiger partial charge in [-0.25, -0.2) is 0 Å². The van der Waals surface area contributed by atoms with Gasteiger partial charge in [0.15, 0.2) is 0 Å². The predicted octanol–water partition coefficient (Wildman–Crippen LogP) is 0.928. The number of hydrogen-bond acceptors (Lipinski definition) is 3. The number of amides is 2. The summed E-state index contributed by atoms with van der Waals surface area (Å²) < 4.78 is 0. The number of nitrogens with one attached hydrogen (secondary N) is 1. The molecule has 1 aromatic rings. The molecule has 0 saturated carbocycles. The maximum absolute atomic E-state index is 12.6. The summed E-state index contributed by atoms with van der Waals surface area (Å²) in [4.78, 5) is 25.6. The van der Waals surface area contributed by atoms with Crippen LogP contribution in [0, 0.1) is 0 Å². The molecule has 1 fully saturated rings. The molecule has 0 aromatic heterocycles. The Morgan fingerprint density at radius 2 is 1.95 bits per heavy atom. The first-order valence-corrected chi connectivity index (χ1v) is 7.46. The van der Waals surface area contributed by atoms with Gasteiger partial charge in [0.25, 0.3) is 5.91 Å². The Labute approximate surface area is 125 Å². The molecule has 0 unspecified atom stereocenters. The molecule has 0 aliphatic carbocycles. The van der Waals surface area contributed by atoms with Crippen LogP contribution in [0.5, 0.6) is 0 Å². The number of rotatable bonds is 4. The summed E-state index contributed by atoms with van der Waals surface area (Å²) in [5.74, 6) is 0.0633. The molecule has 0 radical (unpaired) electrons. The first-order valence-electron chi connectivity index (χ1n) is 7.46. The summed E-state index contributed by atoms with van der Waals surface area (Å²) in [5.41, 5.74) is 7.37. The highest BCUT2D eigenvalue weighted by Gasteiger charge is 2.24. The fraction of sp³-hybridized carbons (Fsp3) is 0.500. The lowest BCUT2D eigenvalue weighted by molar-refractivity contribution is -0.119. The smallest absolute Gasteiger partial charge is 0.254 e. The van der Waals surface area contributed by atoms with E-state index in [0.29, 0.717) is 26.1 Å². The number of likely N-dealkylation sites (tertiary alicyclic amines) is 1. The van der Waals surface area contributed by atoms with E-state index in [-0.39, 0.29) is 17.9 Å². The Hall–Kier alpha value is -1.88. The van der Waals surface area contributed by atoms with Crippen LogP contribution in [0.15, 0.2) is 24.3 Å². The number of carbonyl (C=O) groups excluding carboxylic acids is 2. The normalized spacial score (nSPS) is 15.8. The van der Waals surface area contributed by atoms with E-state index in [1.807, 2.05) is 29.2 Å². The highest BCUT2D eigenvalue weighted by atomic mass is 16.2. The fourth-order valence-electron chi connectivity index (χ4n) is 2.79. The van der Waals surface area contributed by atoms with Crippen molar-refractivity contribution in [1.82, 2.24) is 10.2 Å². The van der Waals surface area contributed by atoms with Crippen molar-refractivity contribution in [1.29, 1.82) is 0 Å². The second-order valence-corrected chi connectivity index (χ2v) is 5.46. The zero-order valence-corrected chi connectivity index (χ0v) is 12.5. The van der Waals surface area contributed by atoms with E-state index in [4.69, 9.17) is 5.73 Å². The Balaban J connectivity index is 2.00. The Morgan fingerprint density at radius 1 is 1.29 bits per heavy atom. The van der Waals surface area contributed by atoms with Crippen molar-refractivity contribution in [3.63, 3.8) is 0 Å². The quantitative estimate of drug-likeness (QED) is 0.866. The number of hydrogen-bond donors (Lipinski definition) is 2. The monoisotopic (exact) mass is 289 g/mol. The van der Waals surface area contributed by atoms with Crippen LogP contribution in [-0.4, -0.2) is 42.4 Å². The van der Waals surface area contributed by atoms with E-state index in [1.54, 1.807) is 0 Å². The van der Waals surface area contributed by atoms with Gasteiger partial charge in [0.2, 0.25) is 5.91 Å². The topological polar surface area (TPSA) is 75.4 Å². The molecule has 5 nitrogen and oxygen atoms in total. The van der Waals surface area contributed by atoms with Crippen molar-refractivity contribution in [3.8, 4) is 0 Å². The Morgan fingerprint density at radius 3 is 2.57 bits per heavy atom. The van der Waals surface area contributed by atoms with Gasteiger partial charge in [-0.3, -0.25) is 9.59 Å². The van der Waals surface area contributed by atoms with Crippen LogP contribution in [0.1, 0.15) is 35.7 Å². The SMILES string of the molecule is CC(=O)NC1CCN(C(=O)c2ccccc2CCN)CC1. The maximum atomic E-state index is 12.6. The lowest BCUT2D eigenvalue weighted by Crippen LogP contribution is -2.46. The molecule has 1 aromatic carbocycles. The molecular formula is C16H23N3O2. The Bertz CT molecular complexity index is 508. The molecule has 1 saturated heterocycles. The highest BCUT2D eigenvalue weighted by Crippen LogP contribution is 2.17. The molecular weight excluding hydrogens is 266 g/mol. The first-order chi connectivity index (χ1) is 10.1. The molecule has 1 aliphatic rings. The van der Waals surface area contributed by atoms with Crippen LogP contribution in [-0.2, 0) is 11.2 Å². The van der Waals surface area contributed by atoms with Crippen LogP contribution >= 0.6 is 0 Å². The van der Waals surface area contributed by atoms with Crippen molar-refractivity contribution < 1.29 is 9.59 Å². The van der Waals surface area contributed by atoms with Gasteiger partial charge in [-0.1, -0.05) is 18.2 Å². The number of benzene rings is 1. The minimum Gasteiger partial charge on any atom is -0.353 e. The minimum atomic E-state index is -0.00642. The molecule has 1 heterocycles. The molecule has 0 spiro atoms. The predicted molar refractivity (Wildman–Crippen MR) is 81.9 cm³/mol. The maximum Gasteiger partial charge on any atom is 0.254 e. The average molecular weight is 289 g/mol. The summed E-state index contributed by atoms with van der Waals surface area (Å²) >= 11 is 0. The second kappa shape index (κ2) is 7.22. The van der Waals surface area contributed by atoms with E-state index in [9.17, 15) is 9.59 Å². The fourth-order valence-corrected chi connectivity index (χ4v) is 2.79. The van der Waals surface area contributed by atoms with Crippen LogP contribution < -0.4 is 11.1 Å². The van der Waals surface area contributed by atoms with Gasteiger partial charge in [-0.2, -0.15) is 0 Å². The van der Waals surface area contributed by atoms with E-state index in [1.165, 1.54) is 6.92 Å². The average Bonchev–Trinajstić information content (AvgIpc) is 2.48. The van der Waals surface area contributed by atoms with Gasteiger partial charge >= 0.3 is 0 Å². The largest absolute Gasteiger partial charge is 0.353 e. The van der Waals surface area contributed by atoms with Crippen LogP contribution in [0.3, 0.4) is 0 Å². The number of nitrogens with two attached hydrogens (primary N) is 1. The zero-order chi connectivity index (χ0) is 15.2. The lowest BCUT2D eigenvalue weighted by Gasteiger charge is -2.32. The molecule has 114 valence electrons. The van der Waals surface area contributed by atoms with Crippen molar-refractivity contribution in [2.24, 2.45) is 5.73 Å². The molecule has 3 N–H and O–H groups in total. The zero-order valence-electron chi connectivity index (χ0n) is 12.5. The van der Waals surface area contributed by atoms with Crippen molar-refractivity contribution in [2.75, 3.05) is 19.6 Å². The van der Waals surface area contributed by atoms with Gasteiger partial charge in [-0.05, 0) is 37.4 Å². The number of nitrogens with zero attached hydrogens (tertiary/aromatic N) is 1.